The quantitative estimate of drug-likeness (QED) is 0.725. The molecule has 0 saturated heterocycles. The summed E-state index contributed by atoms with van der Waals surface area (Å²) in [5.41, 5.74) is 0. The summed E-state index contributed by atoms with van der Waals surface area (Å²) in [6, 6.07) is 9.58. The SMILES string of the molecule is CCCSCC(O)COc1ccccc1. The van der Waals surface area contributed by atoms with Gasteiger partial charge in [-0.1, -0.05) is 25.1 Å². The van der Waals surface area contributed by atoms with Crippen molar-refractivity contribution < 1.29 is 9.84 Å². The fourth-order valence-electron chi connectivity index (χ4n) is 1.12. The third kappa shape index (κ3) is 5.70. The fourth-order valence-corrected chi connectivity index (χ4v) is 1.94. The summed E-state index contributed by atoms with van der Waals surface area (Å²) in [5, 5.41) is 9.59. The van der Waals surface area contributed by atoms with Crippen molar-refractivity contribution in [3.8, 4) is 5.75 Å². The van der Waals surface area contributed by atoms with Gasteiger partial charge in [0.1, 0.15) is 12.4 Å². The van der Waals surface area contributed by atoms with Crippen LogP contribution in [0.1, 0.15) is 13.3 Å². The lowest BCUT2D eigenvalue weighted by Crippen LogP contribution is -2.20. The van der Waals surface area contributed by atoms with Gasteiger partial charge in [-0.05, 0) is 24.3 Å². The molecule has 0 radical (unpaired) electrons. The molecular formula is C12H18O2S. The number of ether oxygens (including phenoxy) is 1. The number of thioether (sulfide) groups is 1. The first-order chi connectivity index (χ1) is 7.33. The molecule has 0 amide bonds. The van der Waals surface area contributed by atoms with Crippen LogP contribution in [-0.2, 0) is 0 Å². The zero-order valence-corrected chi connectivity index (χ0v) is 9.87. The lowest BCUT2D eigenvalue weighted by Gasteiger charge is -2.11. The average Bonchev–Trinajstić information content (AvgIpc) is 2.28. The highest BCUT2D eigenvalue weighted by molar-refractivity contribution is 7.99. The van der Waals surface area contributed by atoms with Gasteiger partial charge < -0.3 is 9.84 Å². The first-order valence-corrected chi connectivity index (χ1v) is 6.42. The zero-order chi connectivity index (χ0) is 10.9. The second kappa shape index (κ2) is 7.60. The van der Waals surface area contributed by atoms with Gasteiger partial charge in [-0.3, -0.25) is 0 Å². The van der Waals surface area contributed by atoms with Crippen LogP contribution in [0.25, 0.3) is 0 Å². The predicted octanol–water partition coefficient (Wildman–Crippen LogP) is 2.57. The van der Waals surface area contributed by atoms with E-state index < -0.39 is 0 Å². The third-order valence-electron chi connectivity index (χ3n) is 1.84. The average molecular weight is 226 g/mol. The predicted molar refractivity (Wildman–Crippen MR) is 65.6 cm³/mol. The Labute approximate surface area is 95.7 Å². The van der Waals surface area contributed by atoms with Gasteiger partial charge in [0.05, 0.1) is 6.10 Å². The Balaban J connectivity index is 2.14. The highest BCUT2D eigenvalue weighted by Crippen LogP contribution is 2.10. The Morgan fingerprint density at radius 1 is 1.33 bits per heavy atom. The van der Waals surface area contributed by atoms with Gasteiger partial charge >= 0.3 is 0 Å². The van der Waals surface area contributed by atoms with Crippen molar-refractivity contribution in [1.82, 2.24) is 0 Å². The van der Waals surface area contributed by atoms with Crippen molar-refractivity contribution in [3.05, 3.63) is 30.3 Å². The number of benzene rings is 1. The van der Waals surface area contributed by atoms with Crippen LogP contribution in [0.3, 0.4) is 0 Å². The number of aliphatic hydroxyl groups excluding tert-OH is 1. The molecule has 0 aliphatic rings. The lowest BCUT2D eigenvalue weighted by molar-refractivity contribution is 0.126. The van der Waals surface area contributed by atoms with Crippen molar-refractivity contribution in [3.63, 3.8) is 0 Å². The summed E-state index contributed by atoms with van der Waals surface area (Å²) < 4.78 is 5.44. The van der Waals surface area contributed by atoms with Crippen LogP contribution in [0, 0.1) is 0 Å². The molecule has 1 unspecified atom stereocenters. The summed E-state index contributed by atoms with van der Waals surface area (Å²) in [6.07, 6.45) is 0.776. The van der Waals surface area contributed by atoms with Crippen LogP contribution in [0.15, 0.2) is 30.3 Å². The van der Waals surface area contributed by atoms with Gasteiger partial charge in [0.15, 0.2) is 0 Å². The molecule has 0 saturated carbocycles. The molecule has 1 aromatic rings. The van der Waals surface area contributed by atoms with Gasteiger partial charge in [0.2, 0.25) is 0 Å². The molecule has 0 aliphatic carbocycles. The van der Waals surface area contributed by atoms with Gasteiger partial charge in [-0.2, -0.15) is 11.8 Å². The second-order valence-electron chi connectivity index (χ2n) is 3.35. The maximum Gasteiger partial charge on any atom is 0.119 e. The Morgan fingerprint density at radius 2 is 2.07 bits per heavy atom. The third-order valence-corrected chi connectivity index (χ3v) is 3.16. The number of rotatable bonds is 7. The molecule has 1 N–H and O–H groups in total. The summed E-state index contributed by atoms with van der Waals surface area (Å²) in [4.78, 5) is 0. The van der Waals surface area contributed by atoms with Gasteiger partial charge in [-0.15, -0.1) is 0 Å². The van der Waals surface area contributed by atoms with E-state index in [-0.39, 0.29) is 6.10 Å². The summed E-state index contributed by atoms with van der Waals surface area (Å²) in [7, 11) is 0. The van der Waals surface area contributed by atoms with Crippen molar-refractivity contribution in [2.24, 2.45) is 0 Å². The maximum absolute atomic E-state index is 9.59. The van der Waals surface area contributed by atoms with E-state index in [0.717, 1.165) is 23.7 Å². The van der Waals surface area contributed by atoms with Gasteiger partial charge in [0, 0.05) is 5.75 Å². The van der Waals surface area contributed by atoms with Crippen molar-refractivity contribution in [2.75, 3.05) is 18.1 Å². The highest BCUT2D eigenvalue weighted by atomic mass is 32.2. The first-order valence-electron chi connectivity index (χ1n) is 5.26. The Morgan fingerprint density at radius 3 is 2.73 bits per heavy atom. The van der Waals surface area contributed by atoms with Crippen LogP contribution >= 0.6 is 11.8 Å². The van der Waals surface area contributed by atoms with Crippen LogP contribution in [-0.4, -0.2) is 29.3 Å². The molecule has 2 nitrogen and oxygen atoms in total. The molecule has 0 aliphatic heterocycles. The first kappa shape index (κ1) is 12.4. The molecule has 0 bridgehead atoms. The topological polar surface area (TPSA) is 29.5 Å². The second-order valence-corrected chi connectivity index (χ2v) is 4.50. The monoisotopic (exact) mass is 226 g/mol. The minimum absolute atomic E-state index is 0.373. The van der Waals surface area contributed by atoms with Crippen LogP contribution in [0.4, 0.5) is 0 Å². The van der Waals surface area contributed by atoms with Gasteiger partial charge in [-0.25, -0.2) is 0 Å². The van der Waals surface area contributed by atoms with E-state index in [2.05, 4.69) is 6.92 Å². The normalized spacial score (nSPS) is 12.4. The standard InChI is InChI=1S/C12H18O2S/c1-2-8-15-10-11(13)9-14-12-6-4-3-5-7-12/h3-7,11,13H,2,8-10H2,1H3. The number of para-hydroxylation sites is 1. The highest BCUT2D eigenvalue weighted by Gasteiger charge is 2.04. The molecule has 0 aromatic heterocycles. The summed E-state index contributed by atoms with van der Waals surface area (Å²) in [6.45, 7) is 2.51. The molecule has 0 spiro atoms. The minimum Gasteiger partial charge on any atom is -0.491 e. The summed E-state index contributed by atoms with van der Waals surface area (Å²) >= 11 is 1.77. The van der Waals surface area contributed by atoms with E-state index >= 15 is 0 Å². The fraction of sp³-hybridized carbons (Fsp3) is 0.500. The van der Waals surface area contributed by atoms with Crippen LogP contribution in [0.5, 0.6) is 5.75 Å². The largest absolute Gasteiger partial charge is 0.491 e. The lowest BCUT2D eigenvalue weighted by atomic mass is 10.3. The number of hydrogen-bond acceptors (Lipinski definition) is 3. The van der Waals surface area contributed by atoms with Crippen molar-refractivity contribution >= 4 is 11.8 Å². The van der Waals surface area contributed by atoms with E-state index in [9.17, 15) is 5.11 Å². The number of hydrogen-bond donors (Lipinski definition) is 1. The Kier molecular flexibility index (Phi) is 6.28. The molecule has 1 rings (SSSR count). The molecule has 3 heteroatoms. The molecule has 84 valence electrons. The van der Waals surface area contributed by atoms with Crippen LogP contribution < -0.4 is 4.74 Å². The van der Waals surface area contributed by atoms with Crippen molar-refractivity contribution in [1.29, 1.82) is 0 Å². The van der Waals surface area contributed by atoms with E-state index in [1.807, 2.05) is 30.3 Å². The molecule has 0 heterocycles. The van der Waals surface area contributed by atoms with E-state index in [4.69, 9.17) is 4.74 Å². The smallest absolute Gasteiger partial charge is 0.119 e. The Hall–Kier alpha value is -0.670. The zero-order valence-electron chi connectivity index (χ0n) is 9.06. The van der Waals surface area contributed by atoms with Gasteiger partial charge in [0.25, 0.3) is 0 Å². The van der Waals surface area contributed by atoms with E-state index in [1.54, 1.807) is 11.8 Å². The van der Waals surface area contributed by atoms with E-state index in [0.29, 0.717) is 6.61 Å². The molecule has 1 aromatic carbocycles. The molecule has 0 fully saturated rings. The molecule has 1 atom stereocenters. The minimum atomic E-state index is -0.373. The van der Waals surface area contributed by atoms with Crippen LogP contribution in [0.2, 0.25) is 0 Å². The molecular weight excluding hydrogens is 208 g/mol. The summed E-state index contributed by atoms with van der Waals surface area (Å²) in [5.74, 6) is 2.67. The number of aliphatic hydroxyl groups is 1. The maximum atomic E-state index is 9.59. The van der Waals surface area contributed by atoms with E-state index in [1.165, 1.54) is 0 Å². The Bertz CT molecular complexity index is 251. The van der Waals surface area contributed by atoms with Crippen molar-refractivity contribution in [2.45, 2.75) is 19.4 Å². The molecule has 15 heavy (non-hydrogen) atoms.